The molecule has 6 heteroatoms. The van der Waals surface area contributed by atoms with Crippen molar-refractivity contribution in [1.82, 2.24) is 5.43 Å². The number of nitrogens with one attached hydrogen (secondary N) is 2. The van der Waals surface area contributed by atoms with Crippen molar-refractivity contribution >= 4 is 23.2 Å². The molecule has 152 valence electrons. The molecule has 0 aromatic heterocycles. The van der Waals surface area contributed by atoms with E-state index in [-0.39, 0.29) is 24.0 Å². The lowest BCUT2D eigenvalue weighted by Gasteiger charge is -2.07. The Balaban J connectivity index is 1.56. The molecule has 0 saturated carbocycles. The second kappa shape index (κ2) is 9.52. The Morgan fingerprint density at radius 2 is 1.47 bits per heavy atom. The SMILES string of the molecule is C/C(=N\NC(=O)Cc1ccc(O)cc1)c1ccc(NC(=O)c2ccc(C)cc2)cc1. The number of carbonyl (C=O) groups excluding carboxylic acids is 2. The first-order chi connectivity index (χ1) is 14.4. The third-order valence-corrected chi connectivity index (χ3v) is 4.52. The van der Waals surface area contributed by atoms with Gasteiger partial charge in [0.25, 0.3) is 5.91 Å². The van der Waals surface area contributed by atoms with Crippen molar-refractivity contribution in [3.05, 3.63) is 95.1 Å². The summed E-state index contributed by atoms with van der Waals surface area (Å²) in [6, 6.07) is 21.1. The predicted molar refractivity (Wildman–Crippen MR) is 118 cm³/mol. The van der Waals surface area contributed by atoms with E-state index in [4.69, 9.17) is 0 Å². The van der Waals surface area contributed by atoms with E-state index in [1.807, 2.05) is 31.2 Å². The van der Waals surface area contributed by atoms with Crippen LogP contribution in [0.25, 0.3) is 0 Å². The van der Waals surface area contributed by atoms with Gasteiger partial charge in [-0.3, -0.25) is 9.59 Å². The van der Waals surface area contributed by atoms with Crippen LogP contribution in [0, 0.1) is 6.92 Å². The summed E-state index contributed by atoms with van der Waals surface area (Å²) in [6.07, 6.45) is 0.168. The number of anilines is 1. The Morgan fingerprint density at radius 3 is 2.10 bits per heavy atom. The molecule has 3 N–H and O–H groups in total. The molecule has 0 saturated heterocycles. The first kappa shape index (κ1) is 20.8. The average molecular weight is 401 g/mol. The first-order valence-electron chi connectivity index (χ1n) is 9.50. The van der Waals surface area contributed by atoms with Gasteiger partial charge in [-0.25, -0.2) is 5.43 Å². The molecular formula is C24H23N3O3. The molecule has 0 bridgehead atoms. The van der Waals surface area contributed by atoms with Gasteiger partial charge < -0.3 is 10.4 Å². The van der Waals surface area contributed by atoms with Gasteiger partial charge in [0.05, 0.1) is 12.1 Å². The van der Waals surface area contributed by atoms with Crippen LogP contribution < -0.4 is 10.7 Å². The Hall–Kier alpha value is -3.93. The number of aryl methyl sites for hydroxylation is 1. The highest BCUT2D eigenvalue weighted by molar-refractivity contribution is 6.05. The summed E-state index contributed by atoms with van der Waals surface area (Å²) in [5.41, 5.74) is 7.16. The van der Waals surface area contributed by atoms with Crippen LogP contribution in [-0.2, 0) is 11.2 Å². The van der Waals surface area contributed by atoms with Crippen molar-refractivity contribution in [2.45, 2.75) is 20.3 Å². The van der Waals surface area contributed by atoms with Crippen LogP contribution in [0.5, 0.6) is 5.75 Å². The lowest BCUT2D eigenvalue weighted by molar-refractivity contribution is -0.120. The number of amides is 2. The molecule has 3 aromatic carbocycles. The zero-order valence-corrected chi connectivity index (χ0v) is 16.8. The van der Waals surface area contributed by atoms with Crippen LogP contribution in [-0.4, -0.2) is 22.6 Å². The third-order valence-electron chi connectivity index (χ3n) is 4.52. The first-order valence-corrected chi connectivity index (χ1v) is 9.50. The fraction of sp³-hybridized carbons (Fsp3) is 0.125. The molecule has 0 fully saturated rings. The molecule has 6 nitrogen and oxygen atoms in total. The lowest BCUT2D eigenvalue weighted by atomic mass is 10.1. The number of phenolic OH excluding ortho intramolecular Hbond substituents is 1. The highest BCUT2D eigenvalue weighted by Gasteiger charge is 2.07. The maximum atomic E-state index is 12.3. The van der Waals surface area contributed by atoms with Crippen molar-refractivity contribution in [3.8, 4) is 5.75 Å². The van der Waals surface area contributed by atoms with Gasteiger partial charge in [0.2, 0.25) is 5.91 Å². The Labute approximate surface area is 175 Å². The quantitative estimate of drug-likeness (QED) is 0.430. The summed E-state index contributed by atoms with van der Waals surface area (Å²) in [6.45, 7) is 3.76. The minimum Gasteiger partial charge on any atom is -0.508 e. The van der Waals surface area contributed by atoms with Crippen molar-refractivity contribution in [3.63, 3.8) is 0 Å². The average Bonchev–Trinajstić information content (AvgIpc) is 2.74. The predicted octanol–water partition coefficient (Wildman–Crippen LogP) is 4.04. The summed E-state index contributed by atoms with van der Waals surface area (Å²) in [5, 5.41) is 16.3. The van der Waals surface area contributed by atoms with Crippen LogP contribution in [0.3, 0.4) is 0 Å². The highest BCUT2D eigenvalue weighted by Crippen LogP contribution is 2.13. The Morgan fingerprint density at radius 1 is 0.867 bits per heavy atom. The summed E-state index contributed by atoms with van der Waals surface area (Å²) < 4.78 is 0. The number of hydrogen-bond acceptors (Lipinski definition) is 4. The van der Waals surface area contributed by atoms with E-state index in [1.54, 1.807) is 43.3 Å². The van der Waals surface area contributed by atoms with Crippen LogP contribution >= 0.6 is 0 Å². The van der Waals surface area contributed by atoms with Crippen LogP contribution in [0.15, 0.2) is 77.9 Å². The fourth-order valence-electron chi connectivity index (χ4n) is 2.75. The third kappa shape index (κ3) is 5.78. The normalized spacial score (nSPS) is 11.1. The Kier molecular flexibility index (Phi) is 6.60. The summed E-state index contributed by atoms with van der Waals surface area (Å²) in [7, 11) is 0. The zero-order valence-electron chi connectivity index (χ0n) is 16.8. The number of aromatic hydroxyl groups is 1. The molecule has 0 heterocycles. The summed E-state index contributed by atoms with van der Waals surface area (Å²) >= 11 is 0. The standard InChI is InChI=1S/C24H23N3O3/c1-16-3-7-20(8-4-16)24(30)25-21-11-9-19(10-12-21)17(2)26-27-23(29)15-18-5-13-22(28)14-6-18/h3-14,28H,15H2,1-2H3,(H,25,30)(H,27,29)/b26-17+. The molecular weight excluding hydrogens is 378 g/mol. The van der Waals surface area contributed by atoms with Crippen molar-refractivity contribution < 1.29 is 14.7 Å². The van der Waals surface area contributed by atoms with Crippen LogP contribution in [0.1, 0.15) is 34.0 Å². The monoisotopic (exact) mass is 401 g/mol. The molecule has 0 aliphatic heterocycles. The second-order valence-corrected chi connectivity index (χ2v) is 6.97. The van der Waals surface area contributed by atoms with Gasteiger partial charge >= 0.3 is 0 Å². The van der Waals surface area contributed by atoms with Gasteiger partial charge in [-0.2, -0.15) is 5.10 Å². The highest BCUT2D eigenvalue weighted by atomic mass is 16.3. The molecule has 0 unspecified atom stereocenters. The molecule has 30 heavy (non-hydrogen) atoms. The number of rotatable bonds is 6. The molecule has 0 aliphatic carbocycles. The largest absolute Gasteiger partial charge is 0.508 e. The van der Waals surface area contributed by atoms with E-state index in [9.17, 15) is 14.7 Å². The molecule has 3 rings (SSSR count). The van der Waals surface area contributed by atoms with E-state index < -0.39 is 0 Å². The van der Waals surface area contributed by atoms with E-state index in [0.29, 0.717) is 17.0 Å². The number of nitrogens with zero attached hydrogens (tertiary/aromatic N) is 1. The van der Waals surface area contributed by atoms with Crippen LogP contribution in [0.4, 0.5) is 5.69 Å². The molecule has 2 amide bonds. The van der Waals surface area contributed by atoms with Gasteiger partial charge in [-0.05, 0) is 61.4 Å². The van der Waals surface area contributed by atoms with Crippen LogP contribution in [0.2, 0.25) is 0 Å². The summed E-state index contributed by atoms with van der Waals surface area (Å²) in [4.78, 5) is 24.3. The number of benzene rings is 3. The van der Waals surface area contributed by atoms with Gasteiger partial charge in [-0.15, -0.1) is 0 Å². The molecule has 0 atom stereocenters. The van der Waals surface area contributed by atoms with Gasteiger partial charge in [-0.1, -0.05) is 42.0 Å². The molecule has 3 aromatic rings. The van der Waals surface area contributed by atoms with E-state index in [1.165, 1.54) is 12.1 Å². The number of hydrogen-bond donors (Lipinski definition) is 3. The molecule has 0 spiro atoms. The summed E-state index contributed by atoms with van der Waals surface area (Å²) in [5.74, 6) is -0.261. The van der Waals surface area contributed by atoms with E-state index >= 15 is 0 Å². The fourth-order valence-corrected chi connectivity index (χ4v) is 2.75. The smallest absolute Gasteiger partial charge is 0.255 e. The minimum absolute atomic E-state index is 0.159. The van der Waals surface area contributed by atoms with Crippen molar-refractivity contribution in [1.29, 1.82) is 0 Å². The van der Waals surface area contributed by atoms with Gasteiger partial charge in [0.15, 0.2) is 0 Å². The van der Waals surface area contributed by atoms with E-state index in [0.717, 1.165) is 16.7 Å². The van der Waals surface area contributed by atoms with Crippen molar-refractivity contribution in [2.24, 2.45) is 5.10 Å². The minimum atomic E-state index is -0.248. The molecule has 0 aliphatic rings. The van der Waals surface area contributed by atoms with E-state index in [2.05, 4.69) is 15.8 Å². The maximum Gasteiger partial charge on any atom is 0.255 e. The second-order valence-electron chi connectivity index (χ2n) is 6.97. The Bertz CT molecular complexity index is 1050. The lowest BCUT2D eigenvalue weighted by Crippen LogP contribution is -2.21. The van der Waals surface area contributed by atoms with Gasteiger partial charge in [0, 0.05) is 11.3 Å². The zero-order chi connectivity index (χ0) is 21.5. The molecule has 0 radical (unpaired) electrons. The van der Waals surface area contributed by atoms with Crippen molar-refractivity contribution in [2.75, 3.05) is 5.32 Å². The maximum absolute atomic E-state index is 12.3. The number of carbonyl (C=O) groups is 2. The topological polar surface area (TPSA) is 90.8 Å². The number of phenols is 1. The number of hydrazone groups is 1. The van der Waals surface area contributed by atoms with Gasteiger partial charge in [0.1, 0.15) is 5.75 Å².